The van der Waals surface area contributed by atoms with Gasteiger partial charge < -0.3 is 0 Å². The fourth-order valence-corrected chi connectivity index (χ4v) is 1.43. The highest BCUT2D eigenvalue weighted by Gasteiger charge is 1.98. The van der Waals surface area contributed by atoms with Crippen LogP contribution in [0.1, 0.15) is 0 Å². The van der Waals surface area contributed by atoms with Gasteiger partial charge in [-0.1, -0.05) is 0 Å². The van der Waals surface area contributed by atoms with Crippen molar-refractivity contribution in [2.45, 2.75) is 0 Å². The molecule has 5 heteroatoms. The van der Waals surface area contributed by atoms with Gasteiger partial charge in [-0.05, 0) is 31.3 Å². The first-order chi connectivity index (χ1) is 5.79. The Morgan fingerprint density at radius 2 is 2.55 bits per heavy atom. The van der Waals surface area contributed by atoms with Gasteiger partial charge in [0.2, 0.25) is 0 Å². The van der Waals surface area contributed by atoms with Crippen molar-refractivity contribution in [3.63, 3.8) is 0 Å². The molecule has 0 aliphatic carbocycles. The largest absolute Gasteiger partial charge is 0.256 e. The molecule has 2 aromatic heterocycles. The van der Waals surface area contributed by atoms with Gasteiger partial charge in [0.25, 0.3) is 0 Å². The summed E-state index contributed by atoms with van der Waals surface area (Å²) in [7, 11) is -0.0897. The van der Waals surface area contributed by atoms with Crippen molar-refractivity contribution in [1.82, 2.24) is 14.5 Å². The first kappa shape index (κ1) is 6.09. The van der Waals surface area contributed by atoms with E-state index in [4.69, 9.17) is 1.28 Å². The monoisotopic (exact) mass is 231 g/mol. The lowest BCUT2D eigenvalue weighted by molar-refractivity contribution is 1.03. The average molecular weight is 232 g/mol. The summed E-state index contributed by atoms with van der Waals surface area (Å²) in [6.07, 6.45) is 3.49. The minimum absolute atomic E-state index is 0.0897. The van der Waals surface area contributed by atoms with Crippen LogP contribution in [0, 0.1) is 0 Å². The molecule has 3 nitrogen and oxygen atoms in total. The molecule has 0 saturated heterocycles. The molecule has 0 amide bonds. The van der Waals surface area contributed by atoms with Crippen LogP contribution in [0.5, 0.6) is 0 Å². The summed E-state index contributed by atoms with van der Waals surface area (Å²) in [4.78, 5) is 4.14. The minimum atomic E-state index is -0.0897. The number of aromatic nitrogens is 3. The van der Waals surface area contributed by atoms with Gasteiger partial charge >= 0.3 is 0 Å². The second kappa shape index (κ2) is 2.54. The molecule has 1 unspecified atom stereocenters. The highest BCUT2D eigenvalue weighted by atomic mass is 79.9. The fraction of sp³-hybridized carbons (Fsp3) is 0. The van der Waals surface area contributed by atoms with E-state index in [1.807, 2.05) is 6.07 Å². The predicted octanol–water partition coefficient (Wildman–Crippen LogP) is 1.83. The van der Waals surface area contributed by atoms with Gasteiger partial charge in [-0.3, -0.25) is 9.44 Å². The molecule has 0 radical (unpaired) electrons. The first-order valence-corrected chi connectivity index (χ1v) is 4.22. The number of hydrogen-bond acceptors (Lipinski definition) is 2. The van der Waals surface area contributed by atoms with E-state index in [1.54, 1.807) is 16.8 Å². The molecular formula is C6H5BrN3P. The molecule has 0 aliphatic rings. The van der Waals surface area contributed by atoms with Crippen LogP contribution in [0.2, 0.25) is 0 Å². The Kier molecular flexibility index (Phi) is 1.41. The normalized spacial score (nSPS) is 13.0. The van der Waals surface area contributed by atoms with Crippen molar-refractivity contribution in [3.8, 4) is 0 Å². The zero-order valence-electron chi connectivity index (χ0n) is 6.45. The van der Waals surface area contributed by atoms with Gasteiger partial charge in [-0.25, -0.2) is 0 Å². The number of fused-ring (bicyclic) bond motifs is 1. The topological polar surface area (TPSA) is 30.7 Å². The number of pyridine rings is 1. The van der Waals surface area contributed by atoms with Gasteiger partial charge in [-0.15, -0.1) is 0 Å². The van der Waals surface area contributed by atoms with Crippen molar-refractivity contribution >= 4 is 36.3 Å². The van der Waals surface area contributed by atoms with Crippen molar-refractivity contribution in [1.29, 1.82) is 1.28 Å². The maximum atomic E-state index is 7.12. The second-order valence-electron chi connectivity index (χ2n) is 2.13. The molecule has 0 saturated carbocycles. The molecule has 0 aromatic carbocycles. The molecular weight excluding hydrogens is 225 g/mol. The highest BCUT2D eigenvalue weighted by molar-refractivity contribution is 9.10. The van der Waals surface area contributed by atoms with Gasteiger partial charge in [0, 0.05) is 10.7 Å². The quantitative estimate of drug-likeness (QED) is 0.702. The predicted molar refractivity (Wildman–Crippen MR) is 50.3 cm³/mol. The van der Waals surface area contributed by atoms with Crippen LogP contribution in [-0.4, -0.2) is 15.8 Å². The Hall–Kier alpha value is -0.470. The Balaban J connectivity index is 2.67. The summed E-state index contributed by atoms with van der Waals surface area (Å²) in [6.45, 7) is 0. The Morgan fingerprint density at radius 1 is 1.64 bits per heavy atom. The van der Waals surface area contributed by atoms with Crippen LogP contribution in [0.4, 0.5) is 0 Å². The zero-order valence-corrected chi connectivity index (χ0v) is 8.04. The smallest absolute Gasteiger partial charge is 0.112 e. The summed E-state index contributed by atoms with van der Waals surface area (Å²) < 4.78 is 9.60. The molecule has 2 aromatic rings. The molecule has 0 fully saturated rings. The van der Waals surface area contributed by atoms with Gasteiger partial charge in [0.15, 0.2) is 0 Å². The summed E-state index contributed by atoms with van der Waals surface area (Å²) in [5, 5.41) is 4.14. The Labute approximate surface area is 75.5 Å². The van der Waals surface area contributed by atoms with Gasteiger partial charge in [0.1, 0.15) is 11.0 Å². The summed E-state index contributed by atoms with van der Waals surface area (Å²) in [5.74, 6) is 0. The van der Waals surface area contributed by atoms with Crippen LogP contribution >= 0.6 is 25.3 Å². The van der Waals surface area contributed by atoms with Crippen LogP contribution in [-0.2, 0) is 0 Å². The maximum absolute atomic E-state index is 7.12. The van der Waals surface area contributed by atoms with E-state index in [9.17, 15) is 0 Å². The number of nitrogens with zero attached hydrogens (tertiary/aromatic N) is 3. The zero-order chi connectivity index (χ0) is 8.55. The molecule has 0 spiro atoms. The van der Waals surface area contributed by atoms with E-state index in [0.717, 1.165) is 15.5 Å². The van der Waals surface area contributed by atoms with E-state index < -0.39 is 0 Å². The first-order valence-electron chi connectivity index (χ1n) is 3.48. The third-order valence-electron chi connectivity index (χ3n) is 1.32. The molecule has 11 heavy (non-hydrogen) atoms. The third-order valence-corrected chi connectivity index (χ3v) is 1.99. The lowest BCUT2D eigenvalue weighted by Gasteiger charge is -1.86. The maximum Gasteiger partial charge on any atom is 0.112 e. The minimum Gasteiger partial charge on any atom is -0.256 e. The third kappa shape index (κ3) is 1.28. The molecule has 56 valence electrons. The van der Waals surface area contributed by atoms with Crippen LogP contribution < -0.4 is 0 Å². The average Bonchev–Trinajstić information content (AvgIpc) is 2.46. The van der Waals surface area contributed by atoms with Crippen molar-refractivity contribution < 1.29 is 0 Å². The van der Waals surface area contributed by atoms with Crippen molar-refractivity contribution in [2.75, 3.05) is 0 Å². The van der Waals surface area contributed by atoms with Gasteiger partial charge in [0.05, 0.1) is 7.48 Å². The second-order valence-corrected chi connectivity index (χ2v) is 3.51. The molecule has 0 bridgehead atoms. The van der Waals surface area contributed by atoms with Gasteiger partial charge in [-0.2, -0.15) is 5.10 Å². The number of hydrogen-bond donors (Lipinski definition) is 0. The molecule has 0 N–H and O–H groups in total. The van der Waals surface area contributed by atoms with E-state index >= 15 is 0 Å². The van der Waals surface area contributed by atoms with Crippen molar-refractivity contribution in [2.24, 2.45) is 0 Å². The van der Waals surface area contributed by atoms with Crippen LogP contribution in [0.25, 0.3) is 11.0 Å². The lowest BCUT2D eigenvalue weighted by Crippen LogP contribution is -1.75. The Morgan fingerprint density at radius 3 is 3.36 bits per heavy atom. The lowest BCUT2D eigenvalue weighted by atomic mass is 10.4. The Bertz CT molecular complexity index is 416. The summed E-state index contributed by atoms with van der Waals surface area (Å²) in [5.41, 5.74) is 1.65. The molecule has 2 rings (SSSR count). The molecule has 1 atom stereocenters. The molecule has 2 heterocycles. The van der Waals surface area contributed by atoms with E-state index in [0.29, 0.717) is 0 Å². The van der Waals surface area contributed by atoms with E-state index in [2.05, 4.69) is 26.0 Å². The van der Waals surface area contributed by atoms with Crippen LogP contribution in [0.15, 0.2) is 22.9 Å². The number of rotatable bonds is 1. The molecule has 0 aliphatic heterocycles. The number of halogens is 1. The standard InChI is InChI=1S/C6H5BrN3P/c7-4-1-5-6(8-2-4)3-10(11)9-5/h1-3H,11H2/i11T. The van der Waals surface area contributed by atoms with E-state index in [-0.39, 0.29) is 9.34 Å². The SMILES string of the molecule is [3H]Pn1cc2ncc(Br)cc2n1. The van der Waals surface area contributed by atoms with Crippen molar-refractivity contribution in [3.05, 3.63) is 22.9 Å². The van der Waals surface area contributed by atoms with E-state index in [1.165, 1.54) is 0 Å². The summed E-state index contributed by atoms with van der Waals surface area (Å²) in [6, 6.07) is 1.89. The fourth-order valence-electron chi connectivity index (χ4n) is 0.879. The highest BCUT2D eigenvalue weighted by Crippen LogP contribution is 2.15. The van der Waals surface area contributed by atoms with Crippen LogP contribution in [0.3, 0.4) is 0 Å². The summed E-state index contributed by atoms with van der Waals surface area (Å²) >= 11 is 3.31.